The topological polar surface area (TPSA) is 79.3 Å². The van der Waals surface area contributed by atoms with Crippen LogP contribution in [0.1, 0.15) is 43.2 Å². The molecule has 1 saturated carbocycles. The van der Waals surface area contributed by atoms with E-state index in [1.54, 1.807) is 13.2 Å². The molecule has 1 aromatic carbocycles. The van der Waals surface area contributed by atoms with Gasteiger partial charge in [0.2, 0.25) is 0 Å². The molecule has 0 saturated heterocycles. The van der Waals surface area contributed by atoms with Crippen molar-refractivity contribution in [1.29, 1.82) is 5.26 Å². The maximum Gasteiger partial charge on any atom is 0.137 e. The van der Waals surface area contributed by atoms with Crippen molar-refractivity contribution in [3.8, 4) is 17.6 Å². The second kappa shape index (κ2) is 4.87. The summed E-state index contributed by atoms with van der Waals surface area (Å²) in [4.78, 5) is 0. The minimum Gasteiger partial charge on any atom is -0.506 e. The Morgan fingerprint density at radius 2 is 2.00 bits per heavy atom. The molecular formula is C14H18N2O2. The molecule has 0 unspecified atom stereocenters. The van der Waals surface area contributed by atoms with Gasteiger partial charge in [-0.25, -0.2) is 0 Å². The molecule has 1 aromatic rings. The van der Waals surface area contributed by atoms with Crippen LogP contribution >= 0.6 is 0 Å². The van der Waals surface area contributed by atoms with E-state index >= 15 is 0 Å². The van der Waals surface area contributed by atoms with E-state index in [1.807, 2.05) is 6.07 Å². The summed E-state index contributed by atoms with van der Waals surface area (Å²) in [5, 5.41) is 18.7. The number of hydrogen-bond donors (Lipinski definition) is 2. The highest BCUT2D eigenvalue weighted by atomic mass is 16.5. The van der Waals surface area contributed by atoms with Gasteiger partial charge in [0.1, 0.15) is 17.6 Å². The molecule has 4 nitrogen and oxygen atoms in total. The standard InChI is InChI=1S/C14H18N2O2/c1-18-13-8-12(17)10(9-15)7-11(13)14(16)5-3-2-4-6-14/h7-8,17H,2-6,16H2,1H3. The van der Waals surface area contributed by atoms with Gasteiger partial charge >= 0.3 is 0 Å². The third-order valence-electron chi connectivity index (χ3n) is 3.72. The molecule has 1 aliphatic carbocycles. The summed E-state index contributed by atoms with van der Waals surface area (Å²) in [7, 11) is 1.55. The lowest BCUT2D eigenvalue weighted by Crippen LogP contribution is -2.39. The van der Waals surface area contributed by atoms with Crippen LogP contribution in [-0.4, -0.2) is 12.2 Å². The highest BCUT2D eigenvalue weighted by molar-refractivity contribution is 5.53. The number of phenols is 1. The summed E-state index contributed by atoms with van der Waals surface area (Å²) >= 11 is 0. The SMILES string of the molecule is COc1cc(O)c(C#N)cc1C1(N)CCCCC1. The van der Waals surface area contributed by atoms with E-state index in [1.165, 1.54) is 12.5 Å². The molecule has 1 aliphatic rings. The highest BCUT2D eigenvalue weighted by Crippen LogP contribution is 2.41. The van der Waals surface area contributed by atoms with E-state index < -0.39 is 5.54 Å². The number of rotatable bonds is 2. The van der Waals surface area contributed by atoms with Crippen molar-refractivity contribution in [3.63, 3.8) is 0 Å². The van der Waals surface area contributed by atoms with Gasteiger partial charge in [-0.3, -0.25) is 0 Å². The molecule has 0 aliphatic heterocycles. The number of nitrogens with zero attached hydrogens (tertiary/aromatic N) is 1. The fraction of sp³-hybridized carbons (Fsp3) is 0.500. The first-order chi connectivity index (χ1) is 8.60. The van der Waals surface area contributed by atoms with E-state index in [4.69, 9.17) is 15.7 Å². The van der Waals surface area contributed by atoms with Gasteiger partial charge in [0, 0.05) is 17.2 Å². The molecule has 0 bridgehead atoms. The summed E-state index contributed by atoms with van der Waals surface area (Å²) in [6, 6.07) is 5.13. The number of nitriles is 1. The van der Waals surface area contributed by atoms with Crippen LogP contribution in [-0.2, 0) is 5.54 Å². The number of phenolic OH excluding ortho intramolecular Hbond substituents is 1. The van der Waals surface area contributed by atoms with E-state index in [9.17, 15) is 5.11 Å². The van der Waals surface area contributed by atoms with Crippen molar-refractivity contribution in [2.75, 3.05) is 7.11 Å². The molecule has 0 atom stereocenters. The predicted molar refractivity (Wildman–Crippen MR) is 68.3 cm³/mol. The van der Waals surface area contributed by atoms with Crippen molar-refractivity contribution in [2.45, 2.75) is 37.6 Å². The number of nitrogens with two attached hydrogens (primary N) is 1. The van der Waals surface area contributed by atoms with E-state index in [0.29, 0.717) is 5.75 Å². The Morgan fingerprint density at radius 3 is 2.56 bits per heavy atom. The van der Waals surface area contributed by atoms with E-state index in [2.05, 4.69) is 0 Å². The maximum absolute atomic E-state index is 9.69. The van der Waals surface area contributed by atoms with Crippen LogP contribution in [0.2, 0.25) is 0 Å². The molecule has 0 amide bonds. The summed E-state index contributed by atoms with van der Waals surface area (Å²) in [6.07, 6.45) is 5.15. The van der Waals surface area contributed by atoms with Gasteiger partial charge in [-0.1, -0.05) is 19.3 Å². The lowest BCUT2D eigenvalue weighted by molar-refractivity contribution is 0.288. The fourth-order valence-corrected chi connectivity index (χ4v) is 2.67. The Kier molecular flexibility index (Phi) is 3.44. The summed E-state index contributed by atoms with van der Waals surface area (Å²) in [5.74, 6) is 0.508. The molecule has 0 aromatic heterocycles. The van der Waals surface area contributed by atoms with Crippen molar-refractivity contribution in [1.82, 2.24) is 0 Å². The maximum atomic E-state index is 9.69. The van der Waals surface area contributed by atoms with E-state index in [-0.39, 0.29) is 11.3 Å². The molecular weight excluding hydrogens is 228 g/mol. The third-order valence-corrected chi connectivity index (χ3v) is 3.72. The molecule has 0 heterocycles. The molecule has 0 radical (unpaired) electrons. The van der Waals surface area contributed by atoms with Crippen molar-refractivity contribution < 1.29 is 9.84 Å². The Labute approximate surface area is 107 Å². The smallest absolute Gasteiger partial charge is 0.137 e. The zero-order valence-electron chi connectivity index (χ0n) is 10.6. The number of ether oxygens (including phenoxy) is 1. The van der Waals surface area contributed by atoms with Crippen LogP contribution in [0.25, 0.3) is 0 Å². The van der Waals surface area contributed by atoms with Crippen LogP contribution in [0.15, 0.2) is 12.1 Å². The number of methoxy groups -OCH3 is 1. The third kappa shape index (κ3) is 2.14. The molecule has 2 rings (SSSR count). The minimum atomic E-state index is -0.442. The van der Waals surface area contributed by atoms with Crippen LogP contribution in [0.5, 0.6) is 11.5 Å². The summed E-state index contributed by atoms with van der Waals surface area (Å²) < 4.78 is 5.29. The first-order valence-corrected chi connectivity index (χ1v) is 6.21. The minimum absolute atomic E-state index is 0.0579. The molecule has 96 valence electrons. The van der Waals surface area contributed by atoms with Gasteiger partial charge < -0.3 is 15.6 Å². The molecule has 4 heteroatoms. The lowest BCUT2D eigenvalue weighted by Gasteiger charge is -2.35. The molecule has 0 spiro atoms. The molecule has 1 fully saturated rings. The highest BCUT2D eigenvalue weighted by Gasteiger charge is 2.33. The van der Waals surface area contributed by atoms with Crippen LogP contribution in [0.3, 0.4) is 0 Å². The largest absolute Gasteiger partial charge is 0.506 e. The Balaban J connectivity index is 2.51. The second-order valence-electron chi connectivity index (χ2n) is 4.90. The lowest BCUT2D eigenvalue weighted by atomic mass is 9.76. The first kappa shape index (κ1) is 12.7. The number of benzene rings is 1. The Morgan fingerprint density at radius 1 is 1.33 bits per heavy atom. The first-order valence-electron chi connectivity index (χ1n) is 6.21. The van der Waals surface area contributed by atoms with Gasteiger partial charge in [-0.05, 0) is 18.9 Å². The van der Waals surface area contributed by atoms with Gasteiger partial charge in [0.05, 0.1) is 12.7 Å². The van der Waals surface area contributed by atoms with Gasteiger partial charge in [-0.2, -0.15) is 5.26 Å². The molecule has 3 N–H and O–H groups in total. The van der Waals surface area contributed by atoms with Crippen LogP contribution in [0.4, 0.5) is 0 Å². The average Bonchev–Trinajstić information content (AvgIpc) is 2.39. The van der Waals surface area contributed by atoms with Gasteiger partial charge in [0.15, 0.2) is 0 Å². The molecule has 18 heavy (non-hydrogen) atoms. The van der Waals surface area contributed by atoms with Crippen LogP contribution in [0, 0.1) is 11.3 Å². The Bertz CT molecular complexity index is 485. The number of aromatic hydroxyl groups is 1. The van der Waals surface area contributed by atoms with Gasteiger partial charge in [0.25, 0.3) is 0 Å². The quantitative estimate of drug-likeness (QED) is 0.839. The van der Waals surface area contributed by atoms with Crippen molar-refractivity contribution in [3.05, 3.63) is 23.3 Å². The van der Waals surface area contributed by atoms with Gasteiger partial charge in [-0.15, -0.1) is 0 Å². The van der Waals surface area contributed by atoms with Crippen molar-refractivity contribution in [2.24, 2.45) is 5.73 Å². The Hall–Kier alpha value is -1.73. The summed E-state index contributed by atoms with van der Waals surface area (Å²) in [5.41, 5.74) is 7.10. The normalized spacial score (nSPS) is 18.1. The van der Waals surface area contributed by atoms with E-state index in [0.717, 1.165) is 31.2 Å². The summed E-state index contributed by atoms with van der Waals surface area (Å²) in [6.45, 7) is 0. The monoisotopic (exact) mass is 246 g/mol. The number of hydrogen-bond acceptors (Lipinski definition) is 4. The van der Waals surface area contributed by atoms with Crippen LogP contribution < -0.4 is 10.5 Å². The average molecular weight is 246 g/mol. The fourth-order valence-electron chi connectivity index (χ4n) is 2.67. The zero-order chi connectivity index (χ0) is 13.2. The van der Waals surface area contributed by atoms with Crippen molar-refractivity contribution >= 4 is 0 Å². The zero-order valence-corrected chi connectivity index (χ0v) is 10.6. The second-order valence-corrected chi connectivity index (χ2v) is 4.90. The predicted octanol–water partition coefficient (Wildman–Crippen LogP) is 2.39.